The number of benzene rings is 3. The molecule has 0 spiro atoms. The van der Waals surface area contributed by atoms with E-state index in [9.17, 15) is 8.42 Å². The van der Waals surface area contributed by atoms with Gasteiger partial charge in [0, 0.05) is 27.6 Å². The molecule has 0 aliphatic rings. The minimum absolute atomic E-state index is 0.195. The molecule has 1 heterocycles. The molecule has 5 nitrogen and oxygen atoms in total. The van der Waals surface area contributed by atoms with Gasteiger partial charge in [0.1, 0.15) is 5.75 Å². The molecule has 0 radical (unpaired) electrons. The number of ether oxygens (including phenoxy) is 1. The number of sulfonamides is 1. The summed E-state index contributed by atoms with van der Waals surface area (Å²) in [5.41, 5.74) is 3.12. The number of pyridine rings is 1. The number of hydrogen-bond donors (Lipinski definition) is 1. The Morgan fingerprint density at radius 2 is 1.70 bits per heavy atom. The first-order chi connectivity index (χ1) is 15.8. The number of anilines is 1. The molecule has 1 aromatic heterocycles. The van der Waals surface area contributed by atoms with Crippen molar-refractivity contribution in [2.45, 2.75) is 18.7 Å². The van der Waals surface area contributed by atoms with Crippen molar-refractivity contribution >= 4 is 42.4 Å². The third-order valence-corrected chi connectivity index (χ3v) is 7.43. The van der Waals surface area contributed by atoms with Crippen molar-refractivity contribution < 1.29 is 13.2 Å². The predicted octanol–water partition coefficient (Wildman–Crippen LogP) is 5.82. The van der Waals surface area contributed by atoms with Crippen molar-refractivity contribution in [1.29, 1.82) is 0 Å². The highest BCUT2D eigenvalue weighted by molar-refractivity contribution is 9.10. The zero-order valence-electron chi connectivity index (χ0n) is 18.3. The molecular formula is C26H21BrN2O3S. The standard InChI is InChI=1S/C26H21BrN2O3S/c1-17-18(2)26(13-12-25(17)32-3)33(30,31)29-24-11-10-22(27)14-19(24)8-9-21-16-28-15-20-6-4-5-7-23(20)21/h4-7,10-16,29H,1-3H3. The van der Waals surface area contributed by atoms with Gasteiger partial charge in [0.15, 0.2) is 0 Å². The second kappa shape index (κ2) is 9.26. The van der Waals surface area contributed by atoms with Gasteiger partial charge in [-0.25, -0.2) is 8.42 Å². The van der Waals surface area contributed by atoms with E-state index in [1.54, 1.807) is 56.8 Å². The van der Waals surface area contributed by atoms with Gasteiger partial charge in [-0.1, -0.05) is 52.0 Å². The molecule has 1 N–H and O–H groups in total. The summed E-state index contributed by atoms with van der Waals surface area (Å²) in [6.45, 7) is 3.60. The molecule has 0 unspecified atom stereocenters. The van der Waals surface area contributed by atoms with Crippen molar-refractivity contribution in [2.75, 3.05) is 11.8 Å². The minimum Gasteiger partial charge on any atom is -0.496 e. The van der Waals surface area contributed by atoms with Crippen LogP contribution in [-0.2, 0) is 10.0 Å². The van der Waals surface area contributed by atoms with Gasteiger partial charge < -0.3 is 4.74 Å². The van der Waals surface area contributed by atoms with Gasteiger partial charge in [-0.3, -0.25) is 9.71 Å². The van der Waals surface area contributed by atoms with E-state index in [-0.39, 0.29) is 4.90 Å². The summed E-state index contributed by atoms with van der Waals surface area (Å²) in [5.74, 6) is 6.91. The largest absolute Gasteiger partial charge is 0.496 e. The molecule has 4 aromatic rings. The Morgan fingerprint density at radius 1 is 0.939 bits per heavy atom. The molecule has 3 aromatic carbocycles. The summed E-state index contributed by atoms with van der Waals surface area (Å²) < 4.78 is 35.3. The molecule has 4 rings (SSSR count). The third kappa shape index (κ3) is 4.72. The van der Waals surface area contributed by atoms with Crippen LogP contribution in [0.2, 0.25) is 0 Å². The van der Waals surface area contributed by atoms with E-state index in [0.29, 0.717) is 22.6 Å². The lowest BCUT2D eigenvalue weighted by Crippen LogP contribution is -2.15. The highest BCUT2D eigenvalue weighted by atomic mass is 79.9. The number of nitrogens with zero attached hydrogens (tertiary/aromatic N) is 1. The lowest BCUT2D eigenvalue weighted by Gasteiger charge is -2.15. The number of methoxy groups -OCH3 is 1. The van der Waals surface area contributed by atoms with E-state index in [1.807, 2.05) is 31.2 Å². The molecule has 0 bridgehead atoms. The van der Waals surface area contributed by atoms with Crippen molar-refractivity contribution in [3.05, 3.63) is 93.7 Å². The SMILES string of the molecule is COc1ccc(S(=O)(=O)Nc2ccc(Br)cc2C#Cc2cncc3ccccc23)c(C)c1C. The Hall–Kier alpha value is -3.34. The number of halogens is 1. The van der Waals surface area contributed by atoms with Gasteiger partial charge in [0.2, 0.25) is 0 Å². The van der Waals surface area contributed by atoms with Crippen molar-refractivity contribution in [1.82, 2.24) is 4.98 Å². The van der Waals surface area contributed by atoms with Crippen LogP contribution in [0.25, 0.3) is 10.8 Å². The normalized spacial score (nSPS) is 11.0. The fourth-order valence-corrected chi connectivity index (χ4v) is 5.28. The van der Waals surface area contributed by atoms with Crippen LogP contribution < -0.4 is 9.46 Å². The number of rotatable bonds is 4. The molecule has 0 saturated heterocycles. The first-order valence-electron chi connectivity index (χ1n) is 10.1. The predicted molar refractivity (Wildman–Crippen MR) is 135 cm³/mol. The second-order valence-electron chi connectivity index (χ2n) is 7.47. The van der Waals surface area contributed by atoms with Gasteiger partial charge in [0.25, 0.3) is 10.0 Å². The summed E-state index contributed by atoms with van der Waals surface area (Å²) in [7, 11) is -2.28. The lowest BCUT2D eigenvalue weighted by molar-refractivity contribution is 0.411. The van der Waals surface area contributed by atoms with Crippen LogP contribution in [0.4, 0.5) is 5.69 Å². The maximum atomic E-state index is 13.2. The van der Waals surface area contributed by atoms with E-state index in [1.165, 1.54) is 0 Å². The molecule has 0 amide bonds. The zero-order chi connectivity index (χ0) is 23.6. The maximum Gasteiger partial charge on any atom is 0.262 e. The van der Waals surface area contributed by atoms with Gasteiger partial charge in [-0.15, -0.1) is 0 Å². The summed E-state index contributed by atoms with van der Waals surface area (Å²) in [6.07, 6.45) is 3.50. The highest BCUT2D eigenvalue weighted by Crippen LogP contribution is 2.29. The number of nitrogens with one attached hydrogen (secondary N) is 1. The van der Waals surface area contributed by atoms with Gasteiger partial charge in [0.05, 0.1) is 28.8 Å². The molecule has 0 atom stereocenters. The van der Waals surface area contributed by atoms with Crippen LogP contribution in [0.3, 0.4) is 0 Å². The average molecular weight is 521 g/mol. The first-order valence-corrected chi connectivity index (χ1v) is 12.4. The number of hydrogen-bond acceptors (Lipinski definition) is 4. The Morgan fingerprint density at radius 3 is 2.48 bits per heavy atom. The summed E-state index contributed by atoms with van der Waals surface area (Å²) >= 11 is 3.45. The lowest BCUT2D eigenvalue weighted by atomic mass is 10.1. The number of fused-ring (bicyclic) bond motifs is 1. The van der Waals surface area contributed by atoms with E-state index in [4.69, 9.17) is 4.74 Å². The van der Waals surface area contributed by atoms with Gasteiger partial charge in [-0.05, 0) is 55.3 Å². The molecular weight excluding hydrogens is 500 g/mol. The van der Waals surface area contributed by atoms with E-state index < -0.39 is 10.0 Å². The fraction of sp³-hybridized carbons (Fsp3) is 0.115. The Kier molecular flexibility index (Phi) is 6.41. The van der Waals surface area contributed by atoms with E-state index in [2.05, 4.69) is 37.5 Å². The third-order valence-electron chi connectivity index (χ3n) is 5.42. The number of aromatic nitrogens is 1. The molecule has 0 saturated carbocycles. The van der Waals surface area contributed by atoms with Crippen LogP contribution in [0, 0.1) is 25.7 Å². The average Bonchev–Trinajstić information content (AvgIpc) is 2.80. The Balaban J connectivity index is 1.75. The van der Waals surface area contributed by atoms with Crippen molar-refractivity contribution in [3.8, 4) is 17.6 Å². The molecule has 166 valence electrons. The topological polar surface area (TPSA) is 68.3 Å². The van der Waals surface area contributed by atoms with Crippen LogP contribution in [0.15, 0.2) is 76.4 Å². The Labute approximate surface area is 202 Å². The zero-order valence-corrected chi connectivity index (χ0v) is 20.7. The van der Waals surface area contributed by atoms with Gasteiger partial charge in [-0.2, -0.15) is 0 Å². The summed E-state index contributed by atoms with van der Waals surface area (Å²) in [6, 6.07) is 16.3. The van der Waals surface area contributed by atoms with Crippen molar-refractivity contribution in [3.63, 3.8) is 0 Å². The van der Waals surface area contributed by atoms with Gasteiger partial charge >= 0.3 is 0 Å². The maximum absolute atomic E-state index is 13.2. The molecule has 0 aliphatic heterocycles. The van der Waals surface area contributed by atoms with E-state index >= 15 is 0 Å². The summed E-state index contributed by atoms with van der Waals surface area (Å²) in [5, 5.41) is 1.98. The van der Waals surface area contributed by atoms with Crippen molar-refractivity contribution in [2.24, 2.45) is 0 Å². The van der Waals surface area contributed by atoms with Crippen LogP contribution >= 0.6 is 15.9 Å². The van der Waals surface area contributed by atoms with E-state index in [0.717, 1.165) is 26.4 Å². The molecule has 33 heavy (non-hydrogen) atoms. The molecule has 0 fully saturated rings. The molecule has 7 heteroatoms. The van der Waals surface area contributed by atoms with Crippen LogP contribution in [-0.4, -0.2) is 20.5 Å². The molecule has 0 aliphatic carbocycles. The first kappa shape index (κ1) is 22.8. The Bertz CT molecular complexity index is 1530. The quantitative estimate of drug-likeness (QED) is 0.344. The highest BCUT2D eigenvalue weighted by Gasteiger charge is 2.20. The second-order valence-corrected chi connectivity index (χ2v) is 10.0. The monoisotopic (exact) mass is 520 g/mol. The minimum atomic E-state index is -3.85. The van der Waals surface area contributed by atoms with Crippen LogP contribution in [0.5, 0.6) is 5.75 Å². The fourth-order valence-electron chi connectivity index (χ4n) is 3.54. The van der Waals surface area contributed by atoms with Crippen LogP contribution in [0.1, 0.15) is 22.3 Å². The smallest absolute Gasteiger partial charge is 0.262 e. The summed E-state index contributed by atoms with van der Waals surface area (Å²) in [4.78, 5) is 4.46.